The molecule has 0 aliphatic carbocycles. The topological polar surface area (TPSA) is 108 Å². The van der Waals surface area contributed by atoms with Crippen molar-refractivity contribution in [2.75, 3.05) is 6.54 Å². The molecule has 0 saturated carbocycles. The summed E-state index contributed by atoms with van der Waals surface area (Å²) >= 11 is 0. The summed E-state index contributed by atoms with van der Waals surface area (Å²) < 4.78 is 5.41. The van der Waals surface area contributed by atoms with Crippen LogP contribution in [-0.2, 0) is 14.3 Å². The second-order valence-electron chi connectivity index (χ2n) is 10.4. The van der Waals surface area contributed by atoms with Crippen LogP contribution in [0.5, 0.6) is 5.75 Å². The van der Waals surface area contributed by atoms with Crippen LogP contribution >= 0.6 is 0 Å². The van der Waals surface area contributed by atoms with E-state index in [0.717, 1.165) is 12.8 Å². The van der Waals surface area contributed by atoms with Gasteiger partial charge in [0.25, 0.3) is 0 Å². The molecule has 3 N–H and O–H groups in total. The van der Waals surface area contributed by atoms with Crippen LogP contribution in [0.2, 0.25) is 0 Å². The molecule has 1 aromatic carbocycles. The molecular weight excluding hydrogens is 446 g/mol. The van der Waals surface area contributed by atoms with E-state index in [1.807, 2.05) is 34.6 Å². The van der Waals surface area contributed by atoms with Crippen LogP contribution in [0.1, 0.15) is 91.8 Å². The maximum atomic E-state index is 14.0. The van der Waals surface area contributed by atoms with Crippen molar-refractivity contribution in [3.05, 3.63) is 29.3 Å². The number of aromatic hydroxyl groups is 1. The van der Waals surface area contributed by atoms with Gasteiger partial charge in [0.1, 0.15) is 23.4 Å². The van der Waals surface area contributed by atoms with Gasteiger partial charge in [-0.2, -0.15) is 0 Å². The van der Waals surface area contributed by atoms with Gasteiger partial charge in [-0.1, -0.05) is 51.8 Å². The van der Waals surface area contributed by atoms with E-state index in [2.05, 4.69) is 10.6 Å². The van der Waals surface area contributed by atoms with E-state index < -0.39 is 35.7 Å². The van der Waals surface area contributed by atoms with Crippen LogP contribution in [0, 0.1) is 12.8 Å². The highest BCUT2D eigenvalue weighted by molar-refractivity contribution is 5.93. The van der Waals surface area contributed by atoms with E-state index in [1.165, 1.54) is 4.90 Å². The molecule has 3 unspecified atom stereocenters. The predicted molar refractivity (Wildman–Crippen MR) is 138 cm³/mol. The summed E-state index contributed by atoms with van der Waals surface area (Å²) in [4.78, 5) is 41.6. The predicted octanol–water partition coefficient (Wildman–Crippen LogP) is 4.83. The number of rotatable bonds is 11. The maximum absolute atomic E-state index is 14.0. The number of carbonyl (C=O) groups excluding carboxylic acids is 3. The first kappa shape index (κ1) is 30.3. The number of hydrogen-bond acceptors (Lipinski definition) is 5. The molecule has 35 heavy (non-hydrogen) atoms. The number of ether oxygens (including phenoxy) is 1. The molecule has 8 nitrogen and oxygen atoms in total. The number of benzene rings is 1. The molecule has 3 atom stereocenters. The average Bonchev–Trinajstić information content (AvgIpc) is 2.75. The number of phenols is 1. The number of nitrogens with zero attached hydrogens (tertiary/aromatic N) is 1. The summed E-state index contributed by atoms with van der Waals surface area (Å²) in [5, 5.41) is 16.5. The zero-order chi connectivity index (χ0) is 26.9. The van der Waals surface area contributed by atoms with Gasteiger partial charge in [0.05, 0.1) is 0 Å². The summed E-state index contributed by atoms with van der Waals surface area (Å²) in [5.41, 5.74) is 0.233. The highest BCUT2D eigenvalue weighted by Crippen LogP contribution is 2.34. The van der Waals surface area contributed by atoms with Crippen molar-refractivity contribution in [1.29, 1.82) is 0 Å². The summed E-state index contributed by atoms with van der Waals surface area (Å²) in [6, 6.07) is 2.80. The third-order valence-corrected chi connectivity index (χ3v) is 5.88. The minimum absolute atomic E-state index is 0.0261. The Morgan fingerprint density at radius 3 is 2.26 bits per heavy atom. The summed E-state index contributed by atoms with van der Waals surface area (Å²) in [6.45, 7) is 16.9. The lowest BCUT2D eigenvalue weighted by Gasteiger charge is -2.38. The van der Waals surface area contributed by atoms with Crippen LogP contribution < -0.4 is 10.6 Å². The van der Waals surface area contributed by atoms with E-state index in [4.69, 9.17) is 4.74 Å². The largest absolute Gasteiger partial charge is 0.507 e. The van der Waals surface area contributed by atoms with E-state index in [0.29, 0.717) is 24.1 Å². The highest BCUT2D eigenvalue weighted by atomic mass is 16.6. The van der Waals surface area contributed by atoms with Crippen molar-refractivity contribution < 1.29 is 24.2 Å². The first-order valence-electron chi connectivity index (χ1n) is 12.6. The number of alkyl carbamates (subject to hydrolysis) is 1. The lowest BCUT2D eigenvalue weighted by atomic mass is 9.94. The fraction of sp³-hybridized carbons (Fsp3) is 0.667. The molecule has 0 saturated heterocycles. The molecule has 3 amide bonds. The highest BCUT2D eigenvalue weighted by Gasteiger charge is 2.40. The molecule has 1 rings (SSSR count). The quantitative estimate of drug-likeness (QED) is 0.384. The number of hydrogen-bond donors (Lipinski definition) is 3. The van der Waals surface area contributed by atoms with Crippen LogP contribution in [0.3, 0.4) is 0 Å². The summed E-state index contributed by atoms with van der Waals surface area (Å²) in [5.74, 6) is -1.02. The van der Waals surface area contributed by atoms with Gasteiger partial charge in [0.2, 0.25) is 11.8 Å². The number of phenolic OH excluding ortho intramolecular Hbond substituents is 1. The molecule has 198 valence electrons. The van der Waals surface area contributed by atoms with Crippen LogP contribution in [0.4, 0.5) is 4.79 Å². The molecule has 0 aromatic heterocycles. The summed E-state index contributed by atoms with van der Waals surface area (Å²) in [6.07, 6.45) is 1.64. The van der Waals surface area contributed by atoms with E-state index in [-0.39, 0.29) is 17.6 Å². The van der Waals surface area contributed by atoms with Gasteiger partial charge in [-0.25, -0.2) is 4.79 Å². The third-order valence-electron chi connectivity index (χ3n) is 5.88. The van der Waals surface area contributed by atoms with Crippen molar-refractivity contribution in [3.63, 3.8) is 0 Å². The van der Waals surface area contributed by atoms with Crippen LogP contribution in [0.25, 0.3) is 0 Å². The lowest BCUT2D eigenvalue weighted by molar-refractivity contribution is -0.145. The molecule has 8 heteroatoms. The molecule has 0 heterocycles. The van der Waals surface area contributed by atoms with Crippen molar-refractivity contribution in [1.82, 2.24) is 15.5 Å². The number of para-hydroxylation sites is 1. The fourth-order valence-electron chi connectivity index (χ4n) is 3.76. The van der Waals surface area contributed by atoms with Gasteiger partial charge in [0.15, 0.2) is 0 Å². The van der Waals surface area contributed by atoms with Crippen molar-refractivity contribution in [2.45, 2.75) is 105 Å². The number of unbranched alkanes of at least 4 members (excludes halogenated alkanes) is 1. The zero-order valence-corrected chi connectivity index (χ0v) is 22.9. The minimum Gasteiger partial charge on any atom is -0.507 e. The normalized spacial score (nSPS) is 14.1. The molecule has 0 bridgehead atoms. The van der Waals surface area contributed by atoms with Crippen molar-refractivity contribution >= 4 is 17.9 Å². The Morgan fingerprint density at radius 2 is 1.74 bits per heavy atom. The van der Waals surface area contributed by atoms with Crippen molar-refractivity contribution in [3.8, 4) is 5.75 Å². The van der Waals surface area contributed by atoms with E-state index in [9.17, 15) is 19.5 Å². The lowest BCUT2D eigenvalue weighted by Crippen LogP contribution is -2.57. The standard InChI is InChI=1S/C27H45N3O5/c1-10-12-16-28-24(32)22(20-15-13-14-19(6)23(20)31)30(17(3)4)25(33)21(18(5)11-2)29-26(34)35-27(7,8)9/h13-15,17-18,21-22,31H,10-12,16H2,1-9H3,(H,28,32)(H,29,34). The monoisotopic (exact) mass is 491 g/mol. The van der Waals surface area contributed by atoms with Crippen LogP contribution in [0.15, 0.2) is 18.2 Å². The number of carbonyl (C=O) groups is 3. The van der Waals surface area contributed by atoms with E-state index >= 15 is 0 Å². The van der Waals surface area contributed by atoms with Gasteiger partial charge in [0, 0.05) is 18.2 Å². The molecule has 1 aromatic rings. The molecule has 0 radical (unpaired) electrons. The third kappa shape index (κ3) is 8.75. The molecule has 0 aliphatic heterocycles. The first-order valence-corrected chi connectivity index (χ1v) is 12.6. The smallest absolute Gasteiger partial charge is 0.408 e. The van der Waals surface area contributed by atoms with Crippen molar-refractivity contribution in [2.24, 2.45) is 5.92 Å². The number of aryl methyl sites for hydroxylation is 1. The Bertz CT molecular complexity index is 863. The van der Waals surface area contributed by atoms with E-state index in [1.54, 1.807) is 45.9 Å². The maximum Gasteiger partial charge on any atom is 0.408 e. The zero-order valence-electron chi connectivity index (χ0n) is 22.9. The van der Waals surface area contributed by atoms with Gasteiger partial charge in [-0.3, -0.25) is 9.59 Å². The summed E-state index contributed by atoms with van der Waals surface area (Å²) in [7, 11) is 0. The number of amides is 3. The van der Waals surface area contributed by atoms with Gasteiger partial charge in [-0.05, 0) is 59.4 Å². The van der Waals surface area contributed by atoms with Gasteiger partial charge < -0.3 is 25.4 Å². The Kier molecular flexibility index (Phi) is 11.5. The Labute approximate surface area is 210 Å². The second kappa shape index (κ2) is 13.4. The molecule has 0 spiro atoms. The second-order valence-corrected chi connectivity index (χ2v) is 10.4. The van der Waals surface area contributed by atoms with Gasteiger partial charge in [-0.15, -0.1) is 0 Å². The number of nitrogens with one attached hydrogen (secondary N) is 2. The molecule has 0 aliphatic rings. The van der Waals surface area contributed by atoms with Gasteiger partial charge >= 0.3 is 6.09 Å². The minimum atomic E-state index is -1.06. The molecular formula is C27H45N3O5. The Morgan fingerprint density at radius 1 is 1.11 bits per heavy atom. The molecule has 0 fully saturated rings. The Balaban J connectivity index is 3.52. The SMILES string of the molecule is CCCCNC(=O)C(c1cccc(C)c1O)N(C(=O)C(NC(=O)OC(C)(C)C)C(C)CC)C(C)C. The Hall–Kier alpha value is -2.77. The fourth-order valence-corrected chi connectivity index (χ4v) is 3.76. The average molecular weight is 492 g/mol. The van der Waals surface area contributed by atoms with Crippen LogP contribution in [-0.4, -0.2) is 52.1 Å². The first-order chi connectivity index (χ1) is 16.2.